The van der Waals surface area contributed by atoms with Gasteiger partial charge in [0.15, 0.2) is 0 Å². The summed E-state index contributed by atoms with van der Waals surface area (Å²) in [5.74, 6) is 3.96. The van der Waals surface area contributed by atoms with Crippen molar-refractivity contribution >= 4 is 0 Å². The Morgan fingerprint density at radius 1 is 0.952 bits per heavy atom. The summed E-state index contributed by atoms with van der Waals surface area (Å²) in [6.07, 6.45) is 13.3. The third-order valence-corrected chi connectivity index (χ3v) is 6.31. The van der Waals surface area contributed by atoms with Crippen molar-refractivity contribution in [1.29, 1.82) is 0 Å². The van der Waals surface area contributed by atoms with Gasteiger partial charge in [-0.3, -0.25) is 0 Å². The summed E-state index contributed by atoms with van der Waals surface area (Å²) in [5.41, 5.74) is 0.510. The van der Waals surface area contributed by atoms with E-state index in [9.17, 15) is 0 Å². The summed E-state index contributed by atoms with van der Waals surface area (Å²) in [7, 11) is 0. The van der Waals surface area contributed by atoms with Crippen molar-refractivity contribution < 1.29 is 0 Å². The molecule has 0 bridgehead atoms. The SMILES string of the molecule is CCCNCC1CCC(C(C)(C)C)CC1CC1CCCC1. The van der Waals surface area contributed by atoms with E-state index >= 15 is 0 Å². The highest BCUT2D eigenvalue weighted by atomic mass is 14.9. The molecular formula is C20H39N. The molecule has 2 aliphatic carbocycles. The maximum atomic E-state index is 3.71. The normalized spacial score (nSPS) is 31.7. The Bertz CT molecular complexity index is 285. The van der Waals surface area contributed by atoms with E-state index in [-0.39, 0.29) is 0 Å². The average Bonchev–Trinajstić information content (AvgIpc) is 2.92. The van der Waals surface area contributed by atoms with Crippen LogP contribution in [0.5, 0.6) is 0 Å². The van der Waals surface area contributed by atoms with Gasteiger partial charge in [0.1, 0.15) is 0 Å². The van der Waals surface area contributed by atoms with Gasteiger partial charge in [-0.15, -0.1) is 0 Å². The highest BCUT2D eigenvalue weighted by Crippen LogP contribution is 2.46. The largest absolute Gasteiger partial charge is 0.316 e. The molecule has 3 unspecified atom stereocenters. The van der Waals surface area contributed by atoms with Crippen molar-refractivity contribution in [3.63, 3.8) is 0 Å². The van der Waals surface area contributed by atoms with E-state index in [4.69, 9.17) is 0 Å². The van der Waals surface area contributed by atoms with Crippen LogP contribution in [-0.2, 0) is 0 Å². The summed E-state index contributed by atoms with van der Waals surface area (Å²) in [5, 5.41) is 3.71. The molecule has 21 heavy (non-hydrogen) atoms. The van der Waals surface area contributed by atoms with Gasteiger partial charge >= 0.3 is 0 Å². The van der Waals surface area contributed by atoms with Crippen molar-refractivity contribution in [3.8, 4) is 0 Å². The first kappa shape index (κ1) is 17.3. The number of hydrogen-bond donors (Lipinski definition) is 1. The van der Waals surface area contributed by atoms with Crippen LogP contribution >= 0.6 is 0 Å². The van der Waals surface area contributed by atoms with E-state index in [0.717, 1.165) is 23.7 Å². The minimum absolute atomic E-state index is 0.510. The van der Waals surface area contributed by atoms with Gasteiger partial charge in [-0.05, 0) is 74.3 Å². The lowest BCUT2D eigenvalue weighted by molar-refractivity contribution is 0.0833. The first-order chi connectivity index (χ1) is 10.0. The highest BCUT2D eigenvalue weighted by molar-refractivity contribution is 4.88. The summed E-state index contributed by atoms with van der Waals surface area (Å²) < 4.78 is 0. The van der Waals surface area contributed by atoms with Crippen molar-refractivity contribution in [3.05, 3.63) is 0 Å². The first-order valence-electron chi connectivity index (χ1n) is 9.71. The molecule has 0 radical (unpaired) electrons. The molecule has 0 aliphatic heterocycles. The van der Waals surface area contributed by atoms with E-state index in [1.54, 1.807) is 0 Å². The second-order valence-electron chi connectivity index (χ2n) is 8.99. The van der Waals surface area contributed by atoms with Gasteiger partial charge in [0.25, 0.3) is 0 Å². The molecule has 0 amide bonds. The molecule has 0 aromatic carbocycles. The summed E-state index contributed by atoms with van der Waals surface area (Å²) in [4.78, 5) is 0. The summed E-state index contributed by atoms with van der Waals surface area (Å²) >= 11 is 0. The van der Waals surface area contributed by atoms with Crippen LogP contribution in [0.3, 0.4) is 0 Å². The molecule has 2 fully saturated rings. The van der Waals surface area contributed by atoms with Gasteiger partial charge in [0, 0.05) is 0 Å². The molecule has 1 N–H and O–H groups in total. The van der Waals surface area contributed by atoms with Crippen LogP contribution in [-0.4, -0.2) is 13.1 Å². The Morgan fingerprint density at radius 2 is 1.67 bits per heavy atom. The summed E-state index contributed by atoms with van der Waals surface area (Å²) in [6.45, 7) is 12.1. The molecule has 0 aromatic rings. The maximum Gasteiger partial charge on any atom is -0.00179 e. The molecule has 0 heterocycles. The van der Waals surface area contributed by atoms with Gasteiger partial charge in [-0.25, -0.2) is 0 Å². The van der Waals surface area contributed by atoms with E-state index < -0.39 is 0 Å². The van der Waals surface area contributed by atoms with Crippen molar-refractivity contribution in [2.24, 2.45) is 29.1 Å². The number of nitrogens with one attached hydrogen (secondary N) is 1. The highest BCUT2D eigenvalue weighted by Gasteiger charge is 2.36. The third-order valence-electron chi connectivity index (χ3n) is 6.31. The lowest BCUT2D eigenvalue weighted by Crippen LogP contribution is -2.37. The van der Waals surface area contributed by atoms with Crippen LogP contribution in [0, 0.1) is 29.1 Å². The summed E-state index contributed by atoms with van der Waals surface area (Å²) in [6, 6.07) is 0. The van der Waals surface area contributed by atoms with Gasteiger partial charge in [0.05, 0.1) is 0 Å². The van der Waals surface area contributed by atoms with Crippen molar-refractivity contribution in [2.45, 2.75) is 85.5 Å². The molecule has 0 spiro atoms. The van der Waals surface area contributed by atoms with Crippen LogP contribution in [0.2, 0.25) is 0 Å². The Kier molecular flexibility index (Phi) is 6.59. The zero-order valence-corrected chi connectivity index (χ0v) is 15.1. The zero-order chi connectivity index (χ0) is 15.3. The van der Waals surface area contributed by atoms with Crippen LogP contribution in [0.25, 0.3) is 0 Å². The topological polar surface area (TPSA) is 12.0 Å². The minimum atomic E-state index is 0.510. The molecule has 2 rings (SSSR count). The zero-order valence-electron chi connectivity index (χ0n) is 15.1. The quantitative estimate of drug-likeness (QED) is 0.624. The number of rotatable bonds is 6. The molecule has 124 valence electrons. The van der Waals surface area contributed by atoms with Crippen LogP contribution in [0.15, 0.2) is 0 Å². The van der Waals surface area contributed by atoms with E-state index in [1.807, 2.05) is 0 Å². The Morgan fingerprint density at radius 3 is 2.29 bits per heavy atom. The van der Waals surface area contributed by atoms with Gasteiger partial charge in [-0.2, -0.15) is 0 Å². The molecule has 2 aliphatic rings. The Hall–Kier alpha value is -0.0400. The molecular weight excluding hydrogens is 254 g/mol. The molecule has 3 atom stereocenters. The fraction of sp³-hybridized carbons (Fsp3) is 1.00. The fourth-order valence-corrected chi connectivity index (χ4v) is 4.81. The fourth-order valence-electron chi connectivity index (χ4n) is 4.81. The van der Waals surface area contributed by atoms with Crippen LogP contribution in [0.1, 0.15) is 85.5 Å². The Balaban J connectivity index is 1.91. The van der Waals surface area contributed by atoms with E-state index in [1.165, 1.54) is 70.9 Å². The lowest BCUT2D eigenvalue weighted by Gasteiger charge is -2.43. The predicted octanol–water partition coefficient (Wildman–Crippen LogP) is 5.64. The van der Waals surface area contributed by atoms with Crippen LogP contribution in [0.4, 0.5) is 0 Å². The maximum absolute atomic E-state index is 3.71. The van der Waals surface area contributed by atoms with Gasteiger partial charge < -0.3 is 5.32 Å². The standard InChI is InChI=1S/C20H39N/c1-5-12-21-15-17-10-11-19(20(2,3)4)14-18(17)13-16-8-6-7-9-16/h16-19,21H,5-15H2,1-4H3. The molecule has 0 aromatic heterocycles. The van der Waals surface area contributed by atoms with E-state index in [0.29, 0.717) is 5.41 Å². The first-order valence-corrected chi connectivity index (χ1v) is 9.71. The second-order valence-corrected chi connectivity index (χ2v) is 8.99. The van der Waals surface area contributed by atoms with Gasteiger partial charge in [0.2, 0.25) is 0 Å². The molecule has 0 saturated heterocycles. The third kappa shape index (κ3) is 5.27. The smallest absolute Gasteiger partial charge is 0.00179 e. The van der Waals surface area contributed by atoms with Crippen LogP contribution < -0.4 is 5.32 Å². The second kappa shape index (κ2) is 7.99. The van der Waals surface area contributed by atoms with Crippen molar-refractivity contribution in [1.82, 2.24) is 5.32 Å². The van der Waals surface area contributed by atoms with Crippen molar-refractivity contribution in [2.75, 3.05) is 13.1 Å². The molecule has 1 nitrogen and oxygen atoms in total. The minimum Gasteiger partial charge on any atom is -0.316 e. The molecule has 1 heteroatoms. The van der Waals surface area contributed by atoms with Gasteiger partial charge in [-0.1, -0.05) is 53.4 Å². The predicted molar refractivity (Wildman–Crippen MR) is 93.5 cm³/mol. The van der Waals surface area contributed by atoms with E-state index in [2.05, 4.69) is 33.0 Å². The average molecular weight is 294 g/mol. The monoisotopic (exact) mass is 293 g/mol. The Labute approximate surface area is 133 Å². The number of hydrogen-bond acceptors (Lipinski definition) is 1. The molecule has 2 saturated carbocycles. The lowest BCUT2D eigenvalue weighted by atomic mass is 9.64.